The lowest BCUT2D eigenvalue weighted by molar-refractivity contribution is 0.538. The average Bonchev–Trinajstić information content (AvgIpc) is 2.08. The molecule has 3 heteroatoms. The van der Waals surface area contributed by atoms with E-state index in [2.05, 4.69) is 48.3 Å². The molecule has 1 aromatic rings. The molecule has 0 aliphatic carbocycles. The van der Waals surface area contributed by atoms with Gasteiger partial charge in [-0.05, 0) is 22.6 Å². The number of aromatic amines is 1. The van der Waals surface area contributed by atoms with Gasteiger partial charge in [0.2, 0.25) is 0 Å². The molecule has 0 aliphatic heterocycles. The Balaban J connectivity index is 3.13. The summed E-state index contributed by atoms with van der Waals surface area (Å²) < 4.78 is 13.6. The van der Waals surface area contributed by atoms with Crippen LogP contribution in [0.1, 0.15) is 26.5 Å². The second-order valence-electron chi connectivity index (χ2n) is 3.59. The van der Waals surface area contributed by atoms with Crippen LogP contribution in [0, 0.1) is 9.52 Å². The van der Waals surface area contributed by atoms with E-state index in [0.717, 1.165) is 9.26 Å². The monoisotopic (exact) mass is 267 g/mol. The maximum atomic E-state index is 12.7. The van der Waals surface area contributed by atoms with Crippen LogP contribution in [-0.4, -0.2) is 4.98 Å². The summed E-state index contributed by atoms with van der Waals surface area (Å²) in [4.78, 5) is 2.71. The van der Waals surface area contributed by atoms with Crippen molar-refractivity contribution >= 4 is 22.6 Å². The molecule has 0 bridgehead atoms. The van der Waals surface area contributed by atoms with E-state index >= 15 is 0 Å². The third-order valence-corrected chi connectivity index (χ3v) is 2.34. The molecule has 1 heterocycles. The summed E-state index contributed by atoms with van der Waals surface area (Å²) in [6.07, 6.45) is 0. The molecular weight excluding hydrogens is 256 g/mol. The van der Waals surface area contributed by atoms with E-state index in [9.17, 15) is 4.39 Å². The summed E-state index contributed by atoms with van der Waals surface area (Å²) in [5, 5.41) is 0. The van der Waals surface area contributed by atoms with Crippen molar-refractivity contribution in [1.82, 2.24) is 4.98 Å². The summed E-state index contributed by atoms with van der Waals surface area (Å²) in [7, 11) is 0. The topological polar surface area (TPSA) is 15.8 Å². The molecule has 1 N–H and O–H groups in total. The predicted octanol–water partition coefficient (Wildman–Crippen LogP) is 3.06. The fourth-order valence-corrected chi connectivity index (χ4v) is 2.16. The first-order chi connectivity index (χ1) is 4.91. The summed E-state index contributed by atoms with van der Waals surface area (Å²) in [5.74, 6) is -0.251. The molecule has 0 saturated carbocycles. The van der Waals surface area contributed by atoms with Gasteiger partial charge in [0.05, 0.1) is 0 Å². The molecule has 1 aromatic heterocycles. The number of H-pyrrole nitrogens is 1. The van der Waals surface area contributed by atoms with E-state index in [4.69, 9.17) is 0 Å². The van der Waals surface area contributed by atoms with E-state index in [1.165, 1.54) is 6.07 Å². The van der Waals surface area contributed by atoms with Crippen molar-refractivity contribution in [3.63, 3.8) is 0 Å². The Labute approximate surface area is 79.5 Å². The summed E-state index contributed by atoms with van der Waals surface area (Å²) in [6.45, 7) is 6.17. The van der Waals surface area contributed by atoms with E-state index in [1.54, 1.807) is 0 Å². The van der Waals surface area contributed by atoms with Gasteiger partial charge in [0.15, 0.2) is 5.95 Å². The maximum Gasteiger partial charge on any atom is 0.192 e. The maximum absolute atomic E-state index is 12.7. The third kappa shape index (κ3) is 1.95. The van der Waals surface area contributed by atoms with Gasteiger partial charge in [-0.3, -0.25) is 0 Å². The van der Waals surface area contributed by atoms with Crippen molar-refractivity contribution in [2.24, 2.45) is 0 Å². The molecule has 0 atom stereocenters. The van der Waals surface area contributed by atoms with Gasteiger partial charge in [-0.2, -0.15) is 4.39 Å². The number of rotatable bonds is 0. The van der Waals surface area contributed by atoms with Crippen molar-refractivity contribution in [2.45, 2.75) is 26.2 Å². The number of hydrogen-bond donors (Lipinski definition) is 1. The molecule has 0 spiro atoms. The van der Waals surface area contributed by atoms with Crippen LogP contribution in [-0.2, 0) is 5.41 Å². The van der Waals surface area contributed by atoms with Gasteiger partial charge in [-0.1, -0.05) is 20.8 Å². The minimum Gasteiger partial charge on any atom is -0.334 e. The molecule has 1 rings (SSSR count). The second-order valence-corrected chi connectivity index (χ2v) is 4.75. The fourth-order valence-electron chi connectivity index (χ4n) is 0.944. The van der Waals surface area contributed by atoms with E-state index in [-0.39, 0.29) is 11.4 Å². The van der Waals surface area contributed by atoms with Crippen molar-refractivity contribution in [1.29, 1.82) is 0 Å². The highest BCUT2D eigenvalue weighted by Crippen LogP contribution is 2.26. The number of hydrogen-bond acceptors (Lipinski definition) is 0. The molecular formula is C8H11FIN. The zero-order valence-electron chi connectivity index (χ0n) is 6.83. The fraction of sp³-hybridized carbons (Fsp3) is 0.500. The molecule has 1 nitrogen and oxygen atoms in total. The molecule has 11 heavy (non-hydrogen) atoms. The highest BCUT2D eigenvalue weighted by Gasteiger charge is 2.19. The van der Waals surface area contributed by atoms with Crippen molar-refractivity contribution in [2.75, 3.05) is 0 Å². The van der Waals surface area contributed by atoms with E-state index < -0.39 is 0 Å². The lowest BCUT2D eigenvalue weighted by Crippen LogP contribution is -2.13. The lowest BCUT2D eigenvalue weighted by Gasteiger charge is -2.16. The Bertz CT molecular complexity index is 260. The molecule has 0 radical (unpaired) electrons. The zero-order valence-corrected chi connectivity index (χ0v) is 8.99. The van der Waals surface area contributed by atoms with Crippen molar-refractivity contribution < 1.29 is 4.39 Å². The smallest absolute Gasteiger partial charge is 0.192 e. The Morgan fingerprint density at radius 2 is 2.00 bits per heavy atom. The van der Waals surface area contributed by atoms with Crippen molar-refractivity contribution in [3.8, 4) is 0 Å². The normalized spacial score (nSPS) is 12.1. The third-order valence-electron chi connectivity index (χ3n) is 1.49. The molecule has 0 amide bonds. The average molecular weight is 267 g/mol. The number of nitrogens with one attached hydrogen (secondary N) is 1. The molecule has 0 saturated heterocycles. The quantitative estimate of drug-likeness (QED) is 0.695. The summed E-state index contributed by atoms with van der Waals surface area (Å²) in [6, 6.07) is 1.52. The standard InChI is InChI=1S/C8H11FIN/c1-8(2,3)7-5(10)4-6(9)11-7/h4,11H,1-3H3. The first-order valence-corrected chi connectivity index (χ1v) is 4.53. The molecule has 0 aliphatic rings. The SMILES string of the molecule is CC(C)(C)c1[nH]c(F)cc1I. The van der Waals surface area contributed by atoms with Crippen LogP contribution < -0.4 is 0 Å². The van der Waals surface area contributed by atoms with Gasteiger partial charge in [-0.25, -0.2) is 0 Å². The van der Waals surface area contributed by atoms with Gasteiger partial charge < -0.3 is 4.98 Å². The van der Waals surface area contributed by atoms with Crippen LogP contribution in [0.5, 0.6) is 0 Å². The van der Waals surface area contributed by atoms with Crippen LogP contribution in [0.25, 0.3) is 0 Å². The van der Waals surface area contributed by atoms with Gasteiger partial charge in [0, 0.05) is 20.7 Å². The first-order valence-electron chi connectivity index (χ1n) is 3.46. The first kappa shape index (κ1) is 9.03. The summed E-state index contributed by atoms with van der Waals surface area (Å²) in [5.41, 5.74) is 0.969. The molecule has 0 fully saturated rings. The van der Waals surface area contributed by atoms with E-state index in [1.807, 2.05) is 0 Å². The highest BCUT2D eigenvalue weighted by atomic mass is 127. The molecule has 0 aromatic carbocycles. The van der Waals surface area contributed by atoms with Gasteiger partial charge in [-0.15, -0.1) is 0 Å². The Morgan fingerprint density at radius 1 is 1.45 bits per heavy atom. The van der Waals surface area contributed by atoms with Crippen LogP contribution in [0.15, 0.2) is 6.07 Å². The second kappa shape index (κ2) is 2.77. The van der Waals surface area contributed by atoms with E-state index in [0.29, 0.717) is 0 Å². The predicted molar refractivity (Wildman–Crippen MR) is 52.2 cm³/mol. The van der Waals surface area contributed by atoms with Crippen LogP contribution in [0.3, 0.4) is 0 Å². The number of aromatic nitrogens is 1. The molecule has 62 valence electrons. The van der Waals surface area contributed by atoms with Gasteiger partial charge >= 0.3 is 0 Å². The number of halogens is 2. The Kier molecular flexibility index (Phi) is 2.27. The summed E-state index contributed by atoms with van der Waals surface area (Å²) >= 11 is 2.14. The van der Waals surface area contributed by atoms with Gasteiger partial charge in [0.25, 0.3) is 0 Å². The largest absolute Gasteiger partial charge is 0.334 e. The van der Waals surface area contributed by atoms with Crippen LogP contribution in [0.2, 0.25) is 0 Å². The highest BCUT2D eigenvalue weighted by molar-refractivity contribution is 14.1. The van der Waals surface area contributed by atoms with Crippen LogP contribution >= 0.6 is 22.6 Å². The zero-order chi connectivity index (χ0) is 8.65. The Morgan fingerprint density at radius 3 is 2.18 bits per heavy atom. The van der Waals surface area contributed by atoms with Crippen molar-refractivity contribution in [3.05, 3.63) is 21.3 Å². The van der Waals surface area contributed by atoms with Gasteiger partial charge in [0.1, 0.15) is 0 Å². The molecule has 0 unspecified atom stereocenters. The Hall–Kier alpha value is -0.0600. The minimum absolute atomic E-state index is 0.000856. The lowest BCUT2D eigenvalue weighted by atomic mass is 9.93. The minimum atomic E-state index is -0.251. The van der Waals surface area contributed by atoms with Crippen LogP contribution in [0.4, 0.5) is 4.39 Å².